The number of nitrogens with zero attached hydrogens (tertiary/aromatic N) is 2. The number of carbonyl (C=O) groups excluding carboxylic acids is 1. The van der Waals surface area contributed by atoms with Gasteiger partial charge in [-0.05, 0) is 55.5 Å². The summed E-state index contributed by atoms with van der Waals surface area (Å²) in [6.07, 6.45) is 11.9. The van der Waals surface area contributed by atoms with Crippen LogP contribution in [0.25, 0.3) is 10.9 Å². The van der Waals surface area contributed by atoms with Gasteiger partial charge < -0.3 is 18.9 Å². The predicted octanol–water partition coefficient (Wildman–Crippen LogP) is 6.64. The molecule has 2 aromatic carbocycles. The maximum Gasteiger partial charge on any atom is 0.169 e. The van der Waals surface area contributed by atoms with Crippen molar-refractivity contribution in [1.29, 1.82) is 0 Å². The number of hydrogen-bond donors (Lipinski definition) is 0. The van der Waals surface area contributed by atoms with Gasteiger partial charge in [0.2, 0.25) is 0 Å². The Hall–Kier alpha value is -3.02. The summed E-state index contributed by atoms with van der Waals surface area (Å²) in [4.78, 5) is 15.8. The Morgan fingerprint density at radius 3 is 2.58 bits per heavy atom. The van der Waals surface area contributed by atoms with E-state index in [1.54, 1.807) is 7.11 Å². The molecule has 0 spiro atoms. The average molecular weight is 533 g/mol. The zero-order valence-electron chi connectivity index (χ0n) is 22.3. The number of fused-ring (bicyclic) bond motifs is 1. The lowest BCUT2D eigenvalue weighted by atomic mass is 10.0. The Morgan fingerprint density at radius 1 is 1.05 bits per heavy atom. The highest BCUT2D eigenvalue weighted by Gasteiger charge is 2.23. The zero-order valence-corrected chi connectivity index (χ0v) is 23.1. The third-order valence-electron chi connectivity index (χ3n) is 7.69. The number of carbonyl (C=O) groups is 1. The second-order valence-electron chi connectivity index (χ2n) is 10.4. The van der Waals surface area contributed by atoms with Crippen LogP contribution in [0.3, 0.4) is 0 Å². The first kappa shape index (κ1) is 26.6. The molecule has 2 aliphatic rings. The van der Waals surface area contributed by atoms with Gasteiger partial charge >= 0.3 is 0 Å². The molecule has 0 N–H and O–H groups in total. The molecule has 5 rings (SSSR count). The van der Waals surface area contributed by atoms with Crippen molar-refractivity contribution >= 4 is 28.3 Å². The number of allylic oxidation sites excluding steroid dienone is 3. The summed E-state index contributed by atoms with van der Waals surface area (Å²) in [5.41, 5.74) is 2.79. The molecule has 0 saturated carbocycles. The normalized spacial score (nSPS) is 20.4. The molecule has 2 heterocycles. The summed E-state index contributed by atoms with van der Waals surface area (Å²) in [5, 5.41) is 0.968. The van der Waals surface area contributed by atoms with Crippen LogP contribution in [0, 0.1) is 5.92 Å². The monoisotopic (exact) mass is 532 g/mol. The van der Waals surface area contributed by atoms with E-state index in [9.17, 15) is 4.79 Å². The summed E-state index contributed by atoms with van der Waals surface area (Å²) in [7, 11) is 1.69. The van der Waals surface area contributed by atoms with Crippen LogP contribution < -0.4 is 4.74 Å². The molecule has 2 atom stereocenters. The number of ketones is 1. The van der Waals surface area contributed by atoms with E-state index in [4.69, 9.17) is 21.1 Å². The lowest BCUT2D eigenvalue weighted by molar-refractivity contribution is 0.0541. The lowest BCUT2D eigenvalue weighted by Crippen LogP contribution is -2.37. The number of aryl methyl sites for hydroxylation is 1. The lowest BCUT2D eigenvalue weighted by Gasteiger charge is -2.33. The Morgan fingerprint density at radius 2 is 1.84 bits per heavy atom. The van der Waals surface area contributed by atoms with Gasteiger partial charge in [-0.3, -0.25) is 4.79 Å². The smallest absolute Gasteiger partial charge is 0.169 e. The number of benzene rings is 2. The van der Waals surface area contributed by atoms with Crippen molar-refractivity contribution in [2.45, 2.75) is 50.6 Å². The Labute approximate surface area is 230 Å². The molecule has 1 aromatic heterocycles. The van der Waals surface area contributed by atoms with Crippen LogP contribution in [0.15, 0.2) is 78.7 Å². The van der Waals surface area contributed by atoms with Crippen molar-refractivity contribution in [3.8, 4) is 5.75 Å². The highest BCUT2D eigenvalue weighted by molar-refractivity contribution is 6.22. The van der Waals surface area contributed by atoms with E-state index >= 15 is 0 Å². The summed E-state index contributed by atoms with van der Waals surface area (Å²) in [6.45, 7) is 6.02. The number of ether oxygens (including phenoxy) is 2. The van der Waals surface area contributed by atoms with E-state index in [0.29, 0.717) is 12.3 Å². The average Bonchev–Trinajstić information content (AvgIpc) is 3.31. The number of alkyl halides is 1. The maximum absolute atomic E-state index is 13.3. The van der Waals surface area contributed by atoms with Gasteiger partial charge in [-0.15, -0.1) is 11.6 Å². The van der Waals surface area contributed by atoms with Crippen molar-refractivity contribution in [3.63, 3.8) is 0 Å². The van der Waals surface area contributed by atoms with Crippen LogP contribution in [0.4, 0.5) is 0 Å². The fraction of sp³-hybridized carbons (Fsp3) is 0.406. The molecule has 0 amide bonds. The summed E-state index contributed by atoms with van der Waals surface area (Å²) >= 11 is 6.38. The Balaban J connectivity index is 1.19. The zero-order chi connectivity index (χ0) is 26.5. The van der Waals surface area contributed by atoms with Crippen LogP contribution in [0.1, 0.15) is 42.1 Å². The van der Waals surface area contributed by atoms with Crippen LogP contribution in [0.5, 0.6) is 5.75 Å². The van der Waals surface area contributed by atoms with Gasteiger partial charge in [0.25, 0.3) is 0 Å². The van der Waals surface area contributed by atoms with Gasteiger partial charge in [0.1, 0.15) is 17.6 Å². The number of hydrogen-bond acceptors (Lipinski definition) is 4. The third kappa shape index (κ3) is 6.16. The van der Waals surface area contributed by atoms with Gasteiger partial charge in [0.05, 0.1) is 18.0 Å². The minimum absolute atomic E-state index is 0.00706. The summed E-state index contributed by atoms with van der Waals surface area (Å²) in [6, 6.07) is 15.9. The quantitative estimate of drug-likeness (QED) is 0.217. The molecule has 1 aliphatic heterocycles. The highest BCUT2D eigenvalue weighted by Crippen LogP contribution is 2.31. The van der Waals surface area contributed by atoms with Crippen LogP contribution >= 0.6 is 11.6 Å². The van der Waals surface area contributed by atoms with E-state index in [1.165, 1.54) is 0 Å². The molecule has 1 aliphatic carbocycles. The number of aromatic nitrogens is 1. The van der Waals surface area contributed by atoms with E-state index in [-0.39, 0.29) is 17.3 Å². The van der Waals surface area contributed by atoms with Crippen molar-refractivity contribution in [3.05, 3.63) is 89.8 Å². The predicted molar refractivity (Wildman–Crippen MR) is 154 cm³/mol. The molecule has 0 radical (unpaired) electrons. The number of halogens is 1. The molecule has 0 bridgehead atoms. The summed E-state index contributed by atoms with van der Waals surface area (Å²) in [5.74, 6) is 2.20. The molecule has 3 aromatic rings. The first-order valence-electron chi connectivity index (χ1n) is 13.7. The standard InChI is InChI=1S/C32H37ClN2O3/c1-23-12-13-26(21-29(23)33)38-25-14-18-34(19-15-25)16-7-17-35-22-28(27-10-6-11-31(37-2)32(27)35)30(36)20-24-8-4-3-5-9-24/h3-6,8-13,21-23,25,29H,7,14-20H2,1-2H3. The van der Waals surface area contributed by atoms with Crippen molar-refractivity contribution in [2.24, 2.45) is 5.92 Å². The van der Waals surface area contributed by atoms with E-state index in [0.717, 1.165) is 79.0 Å². The first-order valence-corrected chi connectivity index (χ1v) is 14.1. The van der Waals surface area contributed by atoms with Gasteiger partial charge in [0.15, 0.2) is 5.78 Å². The molecular weight excluding hydrogens is 496 g/mol. The maximum atomic E-state index is 13.3. The van der Waals surface area contributed by atoms with E-state index in [2.05, 4.69) is 28.5 Å². The van der Waals surface area contributed by atoms with Crippen LogP contribution in [-0.4, -0.2) is 53.5 Å². The molecule has 200 valence electrons. The van der Waals surface area contributed by atoms with E-state index < -0.39 is 0 Å². The largest absolute Gasteiger partial charge is 0.495 e. The Bertz CT molecular complexity index is 1300. The number of likely N-dealkylation sites (tertiary alicyclic amines) is 1. The second kappa shape index (κ2) is 12.2. The first-order chi connectivity index (χ1) is 18.5. The molecular formula is C32H37ClN2O3. The molecule has 2 unspecified atom stereocenters. The number of rotatable bonds is 10. The van der Waals surface area contributed by atoms with Crippen molar-refractivity contribution < 1.29 is 14.3 Å². The molecule has 6 heteroatoms. The summed E-state index contributed by atoms with van der Waals surface area (Å²) < 4.78 is 14.1. The van der Waals surface area contributed by atoms with Crippen molar-refractivity contribution in [2.75, 3.05) is 26.7 Å². The molecule has 38 heavy (non-hydrogen) atoms. The fourth-order valence-corrected chi connectivity index (χ4v) is 5.68. The topological polar surface area (TPSA) is 43.7 Å². The van der Waals surface area contributed by atoms with Gasteiger partial charge in [-0.2, -0.15) is 0 Å². The van der Waals surface area contributed by atoms with E-state index in [1.807, 2.05) is 60.8 Å². The van der Waals surface area contributed by atoms with Crippen molar-refractivity contribution in [1.82, 2.24) is 9.47 Å². The minimum atomic E-state index is 0.00706. The SMILES string of the molecule is COc1cccc2c(C(=O)Cc3ccccc3)cn(CCCN3CCC(OC4=CC(Cl)C(C)C=C4)CC3)c12. The van der Waals surface area contributed by atoms with Crippen LogP contribution in [-0.2, 0) is 17.7 Å². The third-order valence-corrected chi connectivity index (χ3v) is 8.21. The molecule has 5 nitrogen and oxygen atoms in total. The Kier molecular flexibility index (Phi) is 8.55. The highest BCUT2D eigenvalue weighted by atomic mass is 35.5. The van der Waals surface area contributed by atoms with Gasteiger partial charge in [-0.1, -0.05) is 55.5 Å². The second-order valence-corrected chi connectivity index (χ2v) is 10.9. The van der Waals surface area contributed by atoms with Crippen LogP contribution in [0.2, 0.25) is 0 Å². The minimum Gasteiger partial charge on any atom is -0.495 e. The number of methoxy groups -OCH3 is 1. The van der Waals surface area contributed by atoms with Gasteiger partial charge in [-0.25, -0.2) is 0 Å². The fourth-order valence-electron chi connectivity index (χ4n) is 5.47. The van der Waals surface area contributed by atoms with Gasteiger partial charge in [0, 0.05) is 43.2 Å². The number of Topliss-reactive ketones (excluding diaryl/α,β-unsaturated/α-hetero) is 1. The number of piperidine rings is 1. The number of para-hydroxylation sites is 1. The molecule has 1 saturated heterocycles. The molecule has 1 fully saturated rings.